The highest BCUT2D eigenvalue weighted by Gasteiger charge is 2.22. The summed E-state index contributed by atoms with van der Waals surface area (Å²) in [5.74, 6) is 1.40. The van der Waals surface area contributed by atoms with Crippen molar-refractivity contribution in [3.8, 4) is 0 Å². The number of fused-ring (bicyclic) bond motifs is 2. The summed E-state index contributed by atoms with van der Waals surface area (Å²) in [4.78, 5) is 9.09. The zero-order valence-electron chi connectivity index (χ0n) is 17.3. The summed E-state index contributed by atoms with van der Waals surface area (Å²) in [5.41, 5.74) is 2.50. The Bertz CT molecular complexity index is 735. The van der Waals surface area contributed by atoms with Crippen LogP contribution in [0.5, 0.6) is 0 Å². The lowest BCUT2D eigenvalue weighted by atomic mass is 10.0. The molecule has 1 fully saturated rings. The van der Waals surface area contributed by atoms with Crippen molar-refractivity contribution in [3.63, 3.8) is 0 Å². The van der Waals surface area contributed by atoms with Crippen molar-refractivity contribution in [3.05, 3.63) is 23.2 Å². The Morgan fingerprint density at radius 1 is 1.32 bits per heavy atom. The minimum absolute atomic E-state index is 0.101. The first kappa shape index (κ1) is 20.4. The number of hydrogen-bond donors (Lipinski definition) is 4. The summed E-state index contributed by atoms with van der Waals surface area (Å²) in [5, 5.41) is 18.6. The maximum absolute atomic E-state index is 8.44. The van der Waals surface area contributed by atoms with Crippen molar-refractivity contribution in [1.29, 1.82) is 5.41 Å². The number of nitrogens with one attached hydrogen (secondary N) is 4. The van der Waals surface area contributed by atoms with Crippen LogP contribution in [0.1, 0.15) is 52.5 Å². The average Bonchev–Trinajstić information content (AvgIpc) is 2.67. The molecule has 0 saturated carbocycles. The summed E-state index contributed by atoms with van der Waals surface area (Å²) in [6, 6.07) is 0.499. The smallest absolute Gasteiger partial charge is 0.232 e. The molecule has 3 heterocycles. The van der Waals surface area contributed by atoms with Gasteiger partial charge in [-0.05, 0) is 40.0 Å². The molecule has 2 aliphatic heterocycles. The van der Waals surface area contributed by atoms with Crippen LogP contribution < -0.4 is 16.0 Å². The van der Waals surface area contributed by atoms with Gasteiger partial charge in [-0.25, -0.2) is 4.98 Å². The van der Waals surface area contributed by atoms with Crippen LogP contribution in [0.15, 0.2) is 17.6 Å². The fourth-order valence-electron chi connectivity index (χ4n) is 3.51. The number of hydrogen-bond acceptors (Lipinski definition) is 8. The third kappa shape index (κ3) is 5.13. The second-order valence-electron chi connectivity index (χ2n) is 7.60. The molecule has 0 amide bonds. The van der Waals surface area contributed by atoms with E-state index in [1.165, 1.54) is 0 Å². The minimum atomic E-state index is 0.101. The molecule has 2 bridgehead atoms. The normalized spacial score (nSPS) is 27.6. The molecule has 0 spiro atoms. The molecular weight excluding hydrogens is 356 g/mol. The molecule has 154 valence electrons. The van der Waals surface area contributed by atoms with Crippen LogP contribution in [0.3, 0.4) is 0 Å². The van der Waals surface area contributed by atoms with Crippen molar-refractivity contribution in [2.75, 3.05) is 23.8 Å². The van der Waals surface area contributed by atoms with Crippen LogP contribution >= 0.6 is 0 Å². The second kappa shape index (κ2) is 9.23. The van der Waals surface area contributed by atoms with Crippen LogP contribution in [-0.2, 0) is 15.9 Å². The molecule has 1 saturated heterocycles. The van der Waals surface area contributed by atoms with Gasteiger partial charge in [-0.3, -0.25) is 5.41 Å². The van der Waals surface area contributed by atoms with Crippen LogP contribution in [-0.4, -0.2) is 47.3 Å². The van der Waals surface area contributed by atoms with Gasteiger partial charge in [-0.2, -0.15) is 4.98 Å². The Morgan fingerprint density at radius 3 is 2.89 bits per heavy atom. The van der Waals surface area contributed by atoms with Gasteiger partial charge in [-0.1, -0.05) is 6.92 Å². The number of aryl methyl sites for hydroxylation is 1. The van der Waals surface area contributed by atoms with Crippen molar-refractivity contribution >= 4 is 17.7 Å². The number of allylic oxidation sites excluding steroid dienone is 1. The first-order chi connectivity index (χ1) is 13.5. The van der Waals surface area contributed by atoms with Crippen molar-refractivity contribution in [2.45, 2.75) is 71.6 Å². The third-order valence-electron chi connectivity index (χ3n) is 5.17. The molecule has 3 atom stereocenters. The van der Waals surface area contributed by atoms with E-state index in [0.717, 1.165) is 49.4 Å². The Labute approximate surface area is 167 Å². The maximum atomic E-state index is 8.44. The number of ether oxygens (including phenoxy) is 2. The molecule has 28 heavy (non-hydrogen) atoms. The van der Waals surface area contributed by atoms with E-state index in [4.69, 9.17) is 14.9 Å². The third-order valence-corrected chi connectivity index (χ3v) is 5.17. The molecule has 3 rings (SSSR count). The fraction of sp³-hybridized carbons (Fsp3) is 0.650. The van der Waals surface area contributed by atoms with E-state index < -0.39 is 0 Å². The predicted octanol–water partition coefficient (Wildman–Crippen LogP) is 3.04. The zero-order valence-corrected chi connectivity index (χ0v) is 17.3. The van der Waals surface area contributed by atoms with Gasteiger partial charge in [0.25, 0.3) is 0 Å². The summed E-state index contributed by atoms with van der Waals surface area (Å²) in [7, 11) is 0. The highest BCUT2D eigenvalue weighted by Crippen LogP contribution is 2.20. The lowest BCUT2D eigenvalue weighted by Crippen LogP contribution is -2.38. The molecule has 4 N–H and O–H groups in total. The maximum Gasteiger partial charge on any atom is 0.232 e. The molecule has 1 aromatic heterocycles. The van der Waals surface area contributed by atoms with E-state index in [-0.39, 0.29) is 18.0 Å². The second-order valence-corrected chi connectivity index (χ2v) is 7.60. The van der Waals surface area contributed by atoms with E-state index in [1.807, 2.05) is 13.1 Å². The fourth-order valence-corrected chi connectivity index (χ4v) is 3.51. The highest BCUT2D eigenvalue weighted by molar-refractivity contribution is 5.94. The van der Waals surface area contributed by atoms with Gasteiger partial charge in [0.2, 0.25) is 11.8 Å². The number of anilines is 2. The van der Waals surface area contributed by atoms with Gasteiger partial charge in [0.15, 0.2) is 0 Å². The van der Waals surface area contributed by atoms with Gasteiger partial charge >= 0.3 is 0 Å². The quantitative estimate of drug-likeness (QED) is 0.631. The number of rotatable bonds is 3. The standard InChI is InChI=1S/C20H32N6O2/c1-5-15-11-22-20-25-17(14(4)24-16-7-9-27-13(3)10-16)18(21)28-8-6-12(2)23-19(15)26-20/h11-13,16,21,24H,5-10H2,1-4H3,(H2,22,23,25,26)/b17-14+,21-18?. The molecular formula is C20H32N6O2. The zero-order chi connectivity index (χ0) is 20.1. The van der Waals surface area contributed by atoms with Gasteiger partial charge in [0, 0.05) is 42.6 Å². The molecule has 0 radical (unpaired) electrons. The molecule has 1 aromatic rings. The first-order valence-corrected chi connectivity index (χ1v) is 10.2. The SMILES string of the molecule is CCc1cnc2nc1NC(C)CCOC(=N)/C(=C(/C)NC1CCOC(C)C1)N2. The highest BCUT2D eigenvalue weighted by atomic mass is 16.5. The number of nitrogens with zero attached hydrogens (tertiary/aromatic N) is 2. The van der Waals surface area contributed by atoms with Crippen molar-refractivity contribution in [2.24, 2.45) is 0 Å². The summed E-state index contributed by atoms with van der Waals surface area (Å²) < 4.78 is 11.4. The topological polar surface area (TPSA) is 104 Å². The molecule has 8 nitrogen and oxygen atoms in total. The van der Waals surface area contributed by atoms with Crippen LogP contribution in [0.2, 0.25) is 0 Å². The van der Waals surface area contributed by atoms with E-state index in [9.17, 15) is 0 Å². The lowest BCUT2D eigenvalue weighted by molar-refractivity contribution is 0.0151. The monoisotopic (exact) mass is 388 g/mol. The minimum Gasteiger partial charge on any atom is -0.476 e. The van der Waals surface area contributed by atoms with Crippen LogP contribution in [0.4, 0.5) is 11.8 Å². The molecule has 0 aliphatic carbocycles. The average molecular weight is 389 g/mol. The Hall–Kier alpha value is -2.35. The summed E-state index contributed by atoms with van der Waals surface area (Å²) in [6.07, 6.45) is 5.59. The largest absolute Gasteiger partial charge is 0.476 e. The van der Waals surface area contributed by atoms with Crippen LogP contribution in [0.25, 0.3) is 0 Å². The van der Waals surface area contributed by atoms with Gasteiger partial charge in [0.05, 0.1) is 12.7 Å². The molecule has 0 aromatic carbocycles. The Morgan fingerprint density at radius 2 is 2.14 bits per heavy atom. The predicted molar refractivity (Wildman–Crippen MR) is 111 cm³/mol. The summed E-state index contributed by atoms with van der Waals surface area (Å²) >= 11 is 0. The van der Waals surface area contributed by atoms with Gasteiger partial charge < -0.3 is 25.4 Å². The summed E-state index contributed by atoms with van der Waals surface area (Å²) in [6.45, 7) is 9.44. The van der Waals surface area contributed by atoms with Crippen molar-refractivity contribution in [1.82, 2.24) is 15.3 Å². The Kier molecular flexibility index (Phi) is 6.72. The van der Waals surface area contributed by atoms with E-state index in [0.29, 0.717) is 24.3 Å². The van der Waals surface area contributed by atoms with E-state index in [2.05, 4.69) is 46.7 Å². The van der Waals surface area contributed by atoms with Crippen molar-refractivity contribution < 1.29 is 9.47 Å². The van der Waals surface area contributed by atoms with Crippen LogP contribution in [0, 0.1) is 5.41 Å². The lowest BCUT2D eigenvalue weighted by Gasteiger charge is -2.29. The first-order valence-electron chi connectivity index (χ1n) is 10.2. The molecule has 2 aliphatic rings. The van der Waals surface area contributed by atoms with E-state index >= 15 is 0 Å². The molecule has 8 heteroatoms. The number of aromatic nitrogens is 2. The molecule has 3 unspecified atom stereocenters. The van der Waals surface area contributed by atoms with Gasteiger partial charge in [-0.15, -0.1) is 0 Å². The van der Waals surface area contributed by atoms with Gasteiger partial charge in [0.1, 0.15) is 11.5 Å². The Balaban J connectivity index is 1.88. The van der Waals surface area contributed by atoms with E-state index in [1.54, 1.807) is 0 Å².